The zero-order valence-electron chi connectivity index (χ0n) is 14.3. The van der Waals surface area contributed by atoms with E-state index in [1.54, 1.807) is 17.0 Å². The number of carbonyl (C=O) groups excluding carboxylic acids is 1. The molecular weight excluding hydrogens is 330 g/mol. The summed E-state index contributed by atoms with van der Waals surface area (Å²) in [5.74, 6) is 0.283. The third-order valence-electron chi connectivity index (χ3n) is 5.30. The Morgan fingerprint density at radius 3 is 2.81 bits per heavy atom. The van der Waals surface area contributed by atoms with Crippen molar-refractivity contribution in [3.8, 4) is 0 Å². The van der Waals surface area contributed by atoms with Crippen LogP contribution in [0, 0.1) is 0 Å². The molecular formula is C19H19N5O2. The fourth-order valence-corrected chi connectivity index (χ4v) is 3.73. The number of hydrogen-bond acceptors (Lipinski definition) is 4. The van der Waals surface area contributed by atoms with Crippen LogP contribution < -0.4 is 5.56 Å². The molecule has 2 aromatic heterocycles. The molecule has 26 heavy (non-hydrogen) atoms. The van der Waals surface area contributed by atoms with Crippen molar-refractivity contribution in [2.45, 2.75) is 31.6 Å². The summed E-state index contributed by atoms with van der Waals surface area (Å²) in [5, 5.41) is 7.63. The highest BCUT2D eigenvalue weighted by atomic mass is 16.2. The van der Waals surface area contributed by atoms with Crippen LogP contribution in [0.1, 0.15) is 46.2 Å². The van der Waals surface area contributed by atoms with Gasteiger partial charge >= 0.3 is 0 Å². The van der Waals surface area contributed by atoms with Crippen molar-refractivity contribution in [1.29, 1.82) is 0 Å². The summed E-state index contributed by atoms with van der Waals surface area (Å²) in [5.41, 5.74) is 4.36. The number of H-pyrrole nitrogens is 2. The van der Waals surface area contributed by atoms with E-state index in [1.165, 1.54) is 24.1 Å². The number of fused-ring (bicyclic) bond motifs is 2. The first kappa shape index (κ1) is 15.3. The molecule has 5 rings (SSSR count). The Morgan fingerprint density at radius 1 is 1.15 bits per heavy atom. The lowest BCUT2D eigenvalue weighted by Crippen LogP contribution is -2.37. The van der Waals surface area contributed by atoms with Crippen LogP contribution in [0.3, 0.4) is 0 Å². The highest BCUT2D eigenvalue weighted by Crippen LogP contribution is 2.41. The van der Waals surface area contributed by atoms with Gasteiger partial charge in [0.15, 0.2) is 5.69 Å². The molecule has 2 aliphatic rings. The van der Waals surface area contributed by atoms with Gasteiger partial charge in [-0.2, -0.15) is 5.10 Å². The molecule has 1 fully saturated rings. The average Bonchev–Trinajstić information content (AvgIpc) is 3.45. The van der Waals surface area contributed by atoms with Crippen LogP contribution >= 0.6 is 0 Å². The van der Waals surface area contributed by atoms with Gasteiger partial charge in [-0.25, -0.2) is 4.98 Å². The van der Waals surface area contributed by atoms with Crippen molar-refractivity contribution < 1.29 is 4.79 Å². The van der Waals surface area contributed by atoms with Crippen molar-refractivity contribution >= 4 is 16.9 Å². The molecule has 7 nitrogen and oxygen atoms in total. The number of nitrogens with zero attached hydrogens (tertiary/aromatic N) is 3. The predicted octanol–water partition coefficient (Wildman–Crippen LogP) is 1.76. The number of rotatable bonds is 2. The summed E-state index contributed by atoms with van der Waals surface area (Å²) in [6.45, 7) is 1.14. The second kappa shape index (κ2) is 5.79. The van der Waals surface area contributed by atoms with E-state index in [0.29, 0.717) is 30.0 Å². The first-order chi connectivity index (χ1) is 12.7. The molecule has 1 amide bonds. The molecule has 0 bridgehead atoms. The van der Waals surface area contributed by atoms with Crippen molar-refractivity contribution in [2.75, 3.05) is 13.1 Å². The van der Waals surface area contributed by atoms with Gasteiger partial charge in [0.05, 0.1) is 16.7 Å². The Morgan fingerprint density at radius 2 is 1.96 bits per heavy atom. The third kappa shape index (κ3) is 2.51. The van der Waals surface area contributed by atoms with Gasteiger partial charge in [0.2, 0.25) is 0 Å². The minimum atomic E-state index is -0.434. The first-order valence-electron chi connectivity index (χ1n) is 9.05. The van der Waals surface area contributed by atoms with E-state index in [0.717, 1.165) is 18.5 Å². The van der Waals surface area contributed by atoms with Gasteiger partial charge in [0.1, 0.15) is 0 Å². The van der Waals surface area contributed by atoms with Crippen molar-refractivity contribution in [3.05, 3.63) is 57.3 Å². The number of para-hydroxylation sites is 2. The summed E-state index contributed by atoms with van der Waals surface area (Å²) in [6, 6.07) is 7.24. The molecule has 0 saturated heterocycles. The number of nitrogens with one attached hydrogen (secondary N) is 2. The monoisotopic (exact) mass is 349 g/mol. The summed E-state index contributed by atoms with van der Waals surface area (Å²) >= 11 is 0. The fraction of sp³-hybridized carbons (Fsp3) is 0.368. The number of amides is 1. The van der Waals surface area contributed by atoms with E-state index in [1.807, 2.05) is 12.1 Å². The van der Waals surface area contributed by atoms with Gasteiger partial charge in [0.25, 0.3) is 11.5 Å². The number of aromatic nitrogens is 4. The van der Waals surface area contributed by atoms with E-state index >= 15 is 0 Å². The zero-order chi connectivity index (χ0) is 17.7. The second-order valence-electron chi connectivity index (χ2n) is 7.06. The molecule has 7 heteroatoms. The van der Waals surface area contributed by atoms with Crippen LogP contribution in [0.25, 0.3) is 11.0 Å². The molecule has 0 atom stereocenters. The standard InChI is InChI=1S/C19H19N5O2/c25-18-17(20-14-3-1-2-4-15(14)21-18)19(26)24-9-7-12-13(8-10-24)22-23-16(12)11-5-6-11/h1-4,11H,5-10H2,(H,21,25)(H,22,23). The molecule has 0 spiro atoms. The van der Waals surface area contributed by atoms with E-state index in [2.05, 4.69) is 20.2 Å². The summed E-state index contributed by atoms with van der Waals surface area (Å²) in [6.07, 6.45) is 3.91. The molecule has 1 aliphatic carbocycles. The Kier molecular flexibility index (Phi) is 3.41. The van der Waals surface area contributed by atoms with Gasteiger partial charge in [-0.1, -0.05) is 12.1 Å². The highest BCUT2D eigenvalue weighted by molar-refractivity contribution is 5.93. The van der Waals surface area contributed by atoms with E-state index < -0.39 is 5.56 Å². The van der Waals surface area contributed by atoms with Crippen LogP contribution in [0.4, 0.5) is 0 Å². The first-order valence-corrected chi connectivity index (χ1v) is 9.05. The molecule has 132 valence electrons. The van der Waals surface area contributed by atoms with Crippen LogP contribution in [0.5, 0.6) is 0 Å². The predicted molar refractivity (Wildman–Crippen MR) is 96.2 cm³/mol. The van der Waals surface area contributed by atoms with Gasteiger partial charge in [-0.05, 0) is 37.0 Å². The molecule has 0 radical (unpaired) electrons. The van der Waals surface area contributed by atoms with Gasteiger partial charge < -0.3 is 9.88 Å². The largest absolute Gasteiger partial charge is 0.336 e. The lowest BCUT2D eigenvalue weighted by Gasteiger charge is -2.19. The molecule has 1 aliphatic heterocycles. The fourth-order valence-electron chi connectivity index (χ4n) is 3.73. The lowest BCUT2D eigenvalue weighted by molar-refractivity contribution is 0.0755. The van der Waals surface area contributed by atoms with Crippen molar-refractivity contribution in [1.82, 2.24) is 25.1 Å². The van der Waals surface area contributed by atoms with Gasteiger partial charge in [-0.3, -0.25) is 14.7 Å². The van der Waals surface area contributed by atoms with E-state index in [4.69, 9.17) is 0 Å². The molecule has 2 N–H and O–H groups in total. The minimum Gasteiger partial charge on any atom is -0.336 e. The van der Waals surface area contributed by atoms with Gasteiger partial charge in [-0.15, -0.1) is 0 Å². The van der Waals surface area contributed by atoms with Crippen LogP contribution in [-0.2, 0) is 12.8 Å². The molecule has 3 aromatic rings. The molecule has 1 aromatic carbocycles. The van der Waals surface area contributed by atoms with Gasteiger partial charge in [0, 0.05) is 31.1 Å². The third-order valence-corrected chi connectivity index (χ3v) is 5.30. The quantitative estimate of drug-likeness (QED) is 0.737. The maximum absolute atomic E-state index is 12.9. The smallest absolute Gasteiger partial charge is 0.280 e. The Hall–Kier alpha value is -2.96. The summed E-state index contributed by atoms with van der Waals surface area (Å²) in [4.78, 5) is 34.1. The van der Waals surface area contributed by atoms with Crippen LogP contribution in [0.15, 0.2) is 29.1 Å². The Balaban J connectivity index is 1.43. The number of hydrogen-bond donors (Lipinski definition) is 2. The van der Waals surface area contributed by atoms with E-state index in [9.17, 15) is 9.59 Å². The maximum atomic E-state index is 12.9. The SMILES string of the molecule is O=C(c1nc2ccccc2[nH]c1=O)N1CCc2[nH]nc(C3CC3)c2CC1. The molecule has 1 saturated carbocycles. The number of carbonyl (C=O) groups is 1. The molecule has 0 unspecified atom stereocenters. The second-order valence-corrected chi connectivity index (χ2v) is 7.06. The average molecular weight is 349 g/mol. The Bertz CT molecular complexity index is 1060. The topological polar surface area (TPSA) is 94.7 Å². The normalized spacial score (nSPS) is 17.2. The summed E-state index contributed by atoms with van der Waals surface area (Å²) in [7, 11) is 0. The summed E-state index contributed by atoms with van der Waals surface area (Å²) < 4.78 is 0. The molecule has 3 heterocycles. The Labute approximate surface area is 149 Å². The zero-order valence-corrected chi connectivity index (χ0v) is 14.3. The van der Waals surface area contributed by atoms with Crippen LogP contribution in [0.2, 0.25) is 0 Å². The minimum absolute atomic E-state index is 0.0326. The highest BCUT2D eigenvalue weighted by Gasteiger charge is 2.32. The van der Waals surface area contributed by atoms with Crippen molar-refractivity contribution in [2.24, 2.45) is 0 Å². The maximum Gasteiger partial charge on any atom is 0.280 e. The number of aromatic amines is 2. The number of benzene rings is 1. The van der Waals surface area contributed by atoms with E-state index in [-0.39, 0.29) is 11.6 Å². The van der Waals surface area contributed by atoms with Crippen LogP contribution in [-0.4, -0.2) is 44.1 Å². The lowest BCUT2D eigenvalue weighted by atomic mass is 10.1. The van der Waals surface area contributed by atoms with Crippen molar-refractivity contribution in [3.63, 3.8) is 0 Å².